The van der Waals surface area contributed by atoms with Crippen molar-refractivity contribution in [3.05, 3.63) is 45.9 Å². The fourth-order valence-corrected chi connectivity index (χ4v) is 3.14. The summed E-state index contributed by atoms with van der Waals surface area (Å²) in [6, 6.07) is 7.53. The molecule has 0 radical (unpaired) electrons. The van der Waals surface area contributed by atoms with Gasteiger partial charge in [0.25, 0.3) is 0 Å². The van der Waals surface area contributed by atoms with Crippen molar-refractivity contribution >= 4 is 17.3 Å². The minimum absolute atomic E-state index is 0.103. The fourth-order valence-electron chi connectivity index (χ4n) is 2.33. The number of guanidine groups is 1. The first-order chi connectivity index (χ1) is 13.8. The highest BCUT2D eigenvalue weighted by molar-refractivity contribution is 7.09. The number of nitrogens with zero attached hydrogens (tertiary/aromatic N) is 2. The maximum atomic E-state index is 12.6. The number of alkyl halides is 3. The summed E-state index contributed by atoms with van der Waals surface area (Å²) in [5.74, 6) is 1.15. The number of hydrogen-bond acceptors (Lipinski definition) is 5. The van der Waals surface area contributed by atoms with Crippen LogP contribution < -0.4 is 15.4 Å². The van der Waals surface area contributed by atoms with E-state index in [2.05, 4.69) is 20.6 Å². The van der Waals surface area contributed by atoms with Crippen LogP contribution in [0.4, 0.5) is 13.2 Å². The van der Waals surface area contributed by atoms with E-state index in [1.165, 1.54) is 0 Å². The Labute approximate surface area is 171 Å². The number of aliphatic hydroxyl groups is 1. The number of aliphatic hydroxyl groups excluding tert-OH is 1. The summed E-state index contributed by atoms with van der Waals surface area (Å²) < 4.78 is 43.3. The molecule has 0 saturated heterocycles. The number of rotatable bonds is 9. The van der Waals surface area contributed by atoms with Crippen LogP contribution in [-0.4, -0.2) is 48.4 Å². The van der Waals surface area contributed by atoms with E-state index in [4.69, 9.17) is 4.74 Å². The SMILES string of the molecule is CCNC(=NCC(O)COc1cccc(C)c1)NCCc1nc(C(F)(F)F)cs1. The highest BCUT2D eigenvalue weighted by atomic mass is 32.1. The van der Waals surface area contributed by atoms with Gasteiger partial charge in [-0.15, -0.1) is 11.3 Å². The number of aliphatic imine (C=N–C) groups is 1. The molecule has 6 nitrogen and oxygen atoms in total. The molecule has 3 N–H and O–H groups in total. The Balaban J connectivity index is 1.78. The summed E-state index contributed by atoms with van der Waals surface area (Å²) in [7, 11) is 0. The molecule has 1 atom stereocenters. The van der Waals surface area contributed by atoms with Crippen LogP contribution in [0, 0.1) is 6.92 Å². The highest BCUT2D eigenvalue weighted by Crippen LogP contribution is 2.29. The molecule has 0 bridgehead atoms. The molecule has 0 aliphatic rings. The largest absolute Gasteiger partial charge is 0.491 e. The van der Waals surface area contributed by atoms with Crippen molar-refractivity contribution in [2.24, 2.45) is 4.99 Å². The molecule has 2 rings (SSSR count). The molecule has 0 saturated carbocycles. The average Bonchev–Trinajstić information content (AvgIpc) is 3.14. The maximum absolute atomic E-state index is 12.6. The van der Waals surface area contributed by atoms with Gasteiger partial charge in [0, 0.05) is 24.9 Å². The second kappa shape index (κ2) is 11.0. The topological polar surface area (TPSA) is 78.8 Å². The van der Waals surface area contributed by atoms with Crippen LogP contribution in [-0.2, 0) is 12.6 Å². The van der Waals surface area contributed by atoms with Crippen molar-refractivity contribution in [2.45, 2.75) is 32.5 Å². The summed E-state index contributed by atoms with van der Waals surface area (Å²) in [5, 5.41) is 17.5. The molecular formula is C19H25F3N4O2S. The second-order valence-corrected chi connectivity index (χ2v) is 7.24. The molecule has 0 spiro atoms. The van der Waals surface area contributed by atoms with E-state index in [-0.39, 0.29) is 13.2 Å². The predicted molar refractivity (Wildman–Crippen MR) is 107 cm³/mol. The first-order valence-electron chi connectivity index (χ1n) is 9.19. The van der Waals surface area contributed by atoms with E-state index in [1.54, 1.807) is 0 Å². The van der Waals surface area contributed by atoms with Gasteiger partial charge in [-0.05, 0) is 31.5 Å². The lowest BCUT2D eigenvalue weighted by atomic mass is 10.2. The minimum atomic E-state index is -4.42. The Morgan fingerprint density at radius 3 is 2.79 bits per heavy atom. The zero-order valence-electron chi connectivity index (χ0n) is 16.3. The Bertz CT molecular complexity index is 796. The summed E-state index contributed by atoms with van der Waals surface area (Å²) in [5.41, 5.74) is 0.200. The Morgan fingerprint density at radius 1 is 1.34 bits per heavy atom. The number of ether oxygens (including phenoxy) is 1. The number of halogens is 3. The van der Waals surface area contributed by atoms with Crippen molar-refractivity contribution in [3.8, 4) is 5.75 Å². The number of nitrogens with one attached hydrogen (secondary N) is 2. The summed E-state index contributed by atoms with van der Waals surface area (Å²) >= 11 is 0.977. The second-order valence-electron chi connectivity index (χ2n) is 6.30. The van der Waals surface area contributed by atoms with Crippen molar-refractivity contribution in [2.75, 3.05) is 26.2 Å². The molecule has 2 aromatic rings. The number of aromatic nitrogens is 1. The molecule has 1 heterocycles. The number of hydrogen-bond donors (Lipinski definition) is 3. The Morgan fingerprint density at radius 2 is 2.14 bits per heavy atom. The third-order valence-electron chi connectivity index (χ3n) is 3.71. The smallest absolute Gasteiger partial charge is 0.434 e. The van der Waals surface area contributed by atoms with Crippen LogP contribution in [0.15, 0.2) is 34.6 Å². The van der Waals surface area contributed by atoms with Crippen LogP contribution in [0.2, 0.25) is 0 Å². The van der Waals surface area contributed by atoms with E-state index < -0.39 is 18.0 Å². The van der Waals surface area contributed by atoms with Gasteiger partial charge < -0.3 is 20.5 Å². The first kappa shape index (κ1) is 23.0. The molecule has 10 heteroatoms. The van der Waals surface area contributed by atoms with E-state index in [9.17, 15) is 18.3 Å². The van der Waals surface area contributed by atoms with Crippen LogP contribution >= 0.6 is 11.3 Å². The number of benzene rings is 1. The molecular weight excluding hydrogens is 405 g/mol. The fraction of sp³-hybridized carbons (Fsp3) is 0.474. The molecule has 29 heavy (non-hydrogen) atoms. The van der Waals surface area contributed by atoms with Crippen LogP contribution in [0.25, 0.3) is 0 Å². The predicted octanol–water partition coefficient (Wildman–Crippen LogP) is 3.01. The van der Waals surface area contributed by atoms with Crippen LogP contribution in [0.1, 0.15) is 23.2 Å². The standard InChI is InChI=1S/C19H25F3N4O2S/c1-3-23-18(24-8-7-17-26-16(12-29-17)19(20,21)22)25-10-14(27)11-28-15-6-4-5-13(2)9-15/h4-6,9,12,14,27H,3,7-8,10-11H2,1-2H3,(H2,23,24,25). The molecule has 1 aromatic carbocycles. The average molecular weight is 430 g/mol. The van der Waals surface area contributed by atoms with Gasteiger partial charge in [0.15, 0.2) is 11.7 Å². The quantitative estimate of drug-likeness (QED) is 0.421. The molecule has 1 aromatic heterocycles. The molecule has 0 amide bonds. The molecule has 0 aliphatic heterocycles. The lowest BCUT2D eigenvalue weighted by Gasteiger charge is -2.14. The van der Waals surface area contributed by atoms with Crippen LogP contribution in [0.3, 0.4) is 0 Å². The first-order valence-corrected chi connectivity index (χ1v) is 10.1. The Hall–Kier alpha value is -2.33. The zero-order chi connectivity index (χ0) is 21.3. The van der Waals surface area contributed by atoms with Gasteiger partial charge in [0.1, 0.15) is 18.5 Å². The molecule has 0 fully saturated rings. The third kappa shape index (κ3) is 8.28. The lowest BCUT2D eigenvalue weighted by molar-refractivity contribution is -0.140. The van der Waals surface area contributed by atoms with Gasteiger partial charge in [0.2, 0.25) is 0 Å². The normalized spacial score (nSPS) is 13.2. The van der Waals surface area contributed by atoms with E-state index in [0.29, 0.717) is 36.2 Å². The summed E-state index contributed by atoms with van der Waals surface area (Å²) in [6.07, 6.45) is -4.88. The minimum Gasteiger partial charge on any atom is -0.491 e. The lowest BCUT2D eigenvalue weighted by Crippen LogP contribution is -2.39. The molecule has 0 aliphatic carbocycles. The van der Waals surface area contributed by atoms with E-state index >= 15 is 0 Å². The summed E-state index contributed by atoms with van der Waals surface area (Å²) in [6.45, 7) is 5.05. The van der Waals surface area contributed by atoms with Crippen molar-refractivity contribution in [3.63, 3.8) is 0 Å². The molecule has 1 unspecified atom stereocenters. The third-order valence-corrected chi connectivity index (χ3v) is 4.62. The number of thiazole rings is 1. The van der Waals surface area contributed by atoms with E-state index in [0.717, 1.165) is 22.3 Å². The van der Waals surface area contributed by atoms with Gasteiger partial charge in [-0.2, -0.15) is 13.2 Å². The number of aryl methyl sites for hydroxylation is 1. The van der Waals surface area contributed by atoms with Crippen LogP contribution in [0.5, 0.6) is 5.75 Å². The Kier molecular flexibility index (Phi) is 8.71. The van der Waals surface area contributed by atoms with Crippen molar-refractivity contribution < 1.29 is 23.0 Å². The van der Waals surface area contributed by atoms with Gasteiger partial charge in [0.05, 0.1) is 11.6 Å². The van der Waals surface area contributed by atoms with Gasteiger partial charge >= 0.3 is 6.18 Å². The monoisotopic (exact) mass is 430 g/mol. The maximum Gasteiger partial charge on any atom is 0.434 e. The van der Waals surface area contributed by atoms with Crippen molar-refractivity contribution in [1.82, 2.24) is 15.6 Å². The van der Waals surface area contributed by atoms with Gasteiger partial charge in [-0.3, -0.25) is 4.99 Å². The summed E-state index contributed by atoms with van der Waals surface area (Å²) in [4.78, 5) is 7.88. The van der Waals surface area contributed by atoms with E-state index in [1.807, 2.05) is 38.1 Å². The van der Waals surface area contributed by atoms with Gasteiger partial charge in [-0.1, -0.05) is 12.1 Å². The van der Waals surface area contributed by atoms with Gasteiger partial charge in [-0.25, -0.2) is 4.98 Å². The van der Waals surface area contributed by atoms with Crippen molar-refractivity contribution in [1.29, 1.82) is 0 Å². The highest BCUT2D eigenvalue weighted by Gasteiger charge is 2.33. The molecule has 160 valence electrons. The zero-order valence-corrected chi connectivity index (χ0v) is 17.1.